The van der Waals surface area contributed by atoms with E-state index in [1.807, 2.05) is 38.1 Å². The van der Waals surface area contributed by atoms with Gasteiger partial charge >= 0.3 is 0 Å². The standard InChI is InChI=1S/C14H22N2O2/c1-3-12(8-9-17)15-10-14(18)16-13-7-5-4-6-11(13)2/h4-7,12,15,17H,3,8-10H2,1-2H3,(H,16,18). The molecule has 3 N–H and O–H groups in total. The second-order valence-electron chi connectivity index (χ2n) is 4.36. The second kappa shape index (κ2) is 7.84. The van der Waals surface area contributed by atoms with Crippen molar-refractivity contribution < 1.29 is 9.90 Å². The molecular weight excluding hydrogens is 228 g/mol. The number of para-hydroxylation sites is 1. The Hall–Kier alpha value is -1.39. The van der Waals surface area contributed by atoms with Gasteiger partial charge in [0.2, 0.25) is 5.91 Å². The van der Waals surface area contributed by atoms with E-state index in [0.29, 0.717) is 6.42 Å². The molecule has 4 heteroatoms. The van der Waals surface area contributed by atoms with Gasteiger partial charge in [-0.2, -0.15) is 0 Å². The Labute approximate surface area is 108 Å². The number of amides is 1. The molecule has 4 nitrogen and oxygen atoms in total. The van der Waals surface area contributed by atoms with Crippen LogP contribution in [0.2, 0.25) is 0 Å². The van der Waals surface area contributed by atoms with Crippen LogP contribution in [0.15, 0.2) is 24.3 Å². The number of aryl methyl sites for hydroxylation is 1. The van der Waals surface area contributed by atoms with Gasteiger partial charge in [0, 0.05) is 18.3 Å². The van der Waals surface area contributed by atoms with E-state index < -0.39 is 0 Å². The summed E-state index contributed by atoms with van der Waals surface area (Å²) in [6.07, 6.45) is 1.58. The third-order valence-electron chi connectivity index (χ3n) is 2.94. The fraction of sp³-hybridized carbons (Fsp3) is 0.500. The molecule has 0 aliphatic heterocycles. The molecule has 0 saturated heterocycles. The summed E-state index contributed by atoms with van der Waals surface area (Å²) in [6.45, 7) is 4.41. The summed E-state index contributed by atoms with van der Waals surface area (Å²) < 4.78 is 0. The van der Waals surface area contributed by atoms with Crippen LogP contribution in [0.5, 0.6) is 0 Å². The first kappa shape index (κ1) is 14.7. The molecule has 0 aromatic heterocycles. The molecule has 0 spiro atoms. The van der Waals surface area contributed by atoms with E-state index >= 15 is 0 Å². The first-order chi connectivity index (χ1) is 8.67. The lowest BCUT2D eigenvalue weighted by Gasteiger charge is -2.15. The summed E-state index contributed by atoms with van der Waals surface area (Å²) in [5.74, 6) is -0.0549. The van der Waals surface area contributed by atoms with Gasteiger partial charge < -0.3 is 15.7 Å². The van der Waals surface area contributed by atoms with Gasteiger partial charge in [0.1, 0.15) is 0 Å². The molecule has 1 atom stereocenters. The highest BCUT2D eigenvalue weighted by molar-refractivity contribution is 5.92. The molecule has 0 radical (unpaired) electrons. The summed E-state index contributed by atoms with van der Waals surface area (Å²) in [5, 5.41) is 14.9. The van der Waals surface area contributed by atoms with Crippen LogP contribution in [0.1, 0.15) is 25.3 Å². The van der Waals surface area contributed by atoms with Crippen LogP contribution in [0.3, 0.4) is 0 Å². The predicted octanol–water partition coefficient (Wildman–Crippen LogP) is 1.68. The zero-order chi connectivity index (χ0) is 13.4. The maximum Gasteiger partial charge on any atom is 0.238 e. The van der Waals surface area contributed by atoms with Gasteiger partial charge in [-0.3, -0.25) is 4.79 Å². The topological polar surface area (TPSA) is 61.4 Å². The van der Waals surface area contributed by atoms with E-state index in [-0.39, 0.29) is 25.1 Å². The molecule has 0 bridgehead atoms. The molecule has 0 aliphatic carbocycles. The van der Waals surface area contributed by atoms with Gasteiger partial charge in [-0.15, -0.1) is 0 Å². The third kappa shape index (κ3) is 4.85. The van der Waals surface area contributed by atoms with Crippen LogP contribution in [0.25, 0.3) is 0 Å². The van der Waals surface area contributed by atoms with Gasteiger partial charge in [0.25, 0.3) is 0 Å². The van der Waals surface area contributed by atoms with Crippen LogP contribution in [-0.4, -0.2) is 30.2 Å². The molecule has 1 aromatic rings. The molecule has 1 amide bonds. The quantitative estimate of drug-likeness (QED) is 0.690. The van der Waals surface area contributed by atoms with E-state index in [1.165, 1.54) is 0 Å². The second-order valence-corrected chi connectivity index (χ2v) is 4.36. The van der Waals surface area contributed by atoms with Gasteiger partial charge in [-0.05, 0) is 31.4 Å². The number of nitrogens with one attached hydrogen (secondary N) is 2. The van der Waals surface area contributed by atoms with E-state index in [9.17, 15) is 4.79 Å². The smallest absolute Gasteiger partial charge is 0.238 e. The molecule has 100 valence electrons. The molecule has 0 fully saturated rings. The van der Waals surface area contributed by atoms with Gasteiger partial charge in [-0.1, -0.05) is 25.1 Å². The summed E-state index contributed by atoms with van der Waals surface area (Å²) in [6, 6.07) is 7.88. The van der Waals surface area contributed by atoms with Crippen molar-refractivity contribution in [2.24, 2.45) is 0 Å². The fourth-order valence-corrected chi connectivity index (χ4v) is 1.75. The molecular formula is C14H22N2O2. The number of carbonyl (C=O) groups is 1. The number of hydrogen-bond donors (Lipinski definition) is 3. The molecule has 0 heterocycles. The van der Waals surface area contributed by atoms with E-state index in [0.717, 1.165) is 17.7 Å². The van der Waals surface area contributed by atoms with Crippen molar-refractivity contribution in [2.45, 2.75) is 32.7 Å². The van der Waals surface area contributed by atoms with Crippen molar-refractivity contribution in [3.8, 4) is 0 Å². The lowest BCUT2D eigenvalue weighted by Crippen LogP contribution is -2.36. The maximum atomic E-state index is 11.8. The molecule has 1 rings (SSSR count). The Bertz CT molecular complexity index is 380. The van der Waals surface area contributed by atoms with E-state index in [2.05, 4.69) is 10.6 Å². The minimum atomic E-state index is -0.0549. The lowest BCUT2D eigenvalue weighted by molar-refractivity contribution is -0.115. The normalized spacial score (nSPS) is 12.2. The third-order valence-corrected chi connectivity index (χ3v) is 2.94. The number of benzene rings is 1. The number of hydrogen-bond acceptors (Lipinski definition) is 3. The molecule has 18 heavy (non-hydrogen) atoms. The SMILES string of the molecule is CCC(CCO)NCC(=O)Nc1ccccc1C. The zero-order valence-electron chi connectivity index (χ0n) is 11.1. The number of carbonyl (C=O) groups excluding carboxylic acids is 1. The van der Waals surface area contributed by atoms with Crippen molar-refractivity contribution in [1.29, 1.82) is 0 Å². The lowest BCUT2D eigenvalue weighted by atomic mass is 10.1. The first-order valence-corrected chi connectivity index (χ1v) is 6.37. The minimum absolute atomic E-state index is 0.0549. The van der Waals surface area contributed by atoms with Crippen LogP contribution < -0.4 is 10.6 Å². The Morgan fingerprint density at radius 2 is 2.11 bits per heavy atom. The van der Waals surface area contributed by atoms with Crippen LogP contribution >= 0.6 is 0 Å². The average molecular weight is 250 g/mol. The Kier molecular flexibility index (Phi) is 6.39. The van der Waals surface area contributed by atoms with Crippen LogP contribution in [0.4, 0.5) is 5.69 Å². The zero-order valence-corrected chi connectivity index (χ0v) is 11.1. The van der Waals surface area contributed by atoms with Gasteiger partial charge in [0.05, 0.1) is 6.54 Å². The summed E-state index contributed by atoms with van der Waals surface area (Å²) in [4.78, 5) is 11.8. The molecule has 1 unspecified atom stereocenters. The van der Waals surface area contributed by atoms with Gasteiger partial charge in [0.15, 0.2) is 0 Å². The number of anilines is 1. The molecule has 0 aliphatic rings. The first-order valence-electron chi connectivity index (χ1n) is 6.37. The van der Waals surface area contributed by atoms with Gasteiger partial charge in [-0.25, -0.2) is 0 Å². The highest BCUT2D eigenvalue weighted by Gasteiger charge is 2.08. The number of rotatable bonds is 7. The van der Waals surface area contributed by atoms with Crippen molar-refractivity contribution in [2.75, 3.05) is 18.5 Å². The van der Waals surface area contributed by atoms with Crippen molar-refractivity contribution in [1.82, 2.24) is 5.32 Å². The Morgan fingerprint density at radius 3 is 2.72 bits per heavy atom. The van der Waals surface area contributed by atoms with E-state index in [4.69, 9.17) is 5.11 Å². The average Bonchev–Trinajstić information content (AvgIpc) is 2.37. The number of aliphatic hydroxyl groups excluding tert-OH is 1. The number of aliphatic hydroxyl groups is 1. The summed E-state index contributed by atoms with van der Waals surface area (Å²) >= 11 is 0. The highest BCUT2D eigenvalue weighted by atomic mass is 16.3. The van der Waals surface area contributed by atoms with Crippen LogP contribution in [0, 0.1) is 6.92 Å². The van der Waals surface area contributed by atoms with Crippen LogP contribution in [-0.2, 0) is 4.79 Å². The minimum Gasteiger partial charge on any atom is -0.396 e. The largest absolute Gasteiger partial charge is 0.396 e. The fourth-order valence-electron chi connectivity index (χ4n) is 1.75. The molecule has 1 aromatic carbocycles. The summed E-state index contributed by atoms with van der Waals surface area (Å²) in [7, 11) is 0. The Balaban J connectivity index is 2.40. The predicted molar refractivity (Wildman–Crippen MR) is 73.6 cm³/mol. The Morgan fingerprint density at radius 1 is 1.39 bits per heavy atom. The van der Waals surface area contributed by atoms with Crippen molar-refractivity contribution in [3.63, 3.8) is 0 Å². The van der Waals surface area contributed by atoms with E-state index in [1.54, 1.807) is 0 Å². The molecule has 0 saturated carbocycles. The monoisotopic (exact) mass is 250 g/mol. The maximum absolute atomic E-state index is 11.8. The van der Waals surface area contributed by atoms with Crippen molar-refractivity contribution in [3.05, 3.63) is 29.8 Å². The van der Waals surface area contributed by atoms with Crippen molar-refractivity contribution >= 4 is 11.6 Å². The highest BCUT2D eigenvalue weighted by Crippen LogP contribution is 2.12. The summed E-state index contributed by atoms with van der Waals surface area (Å²) in [5.41, 5.74) is 1.90.